The predicted molar refractivity (Wildman–Crippen MR) is 120 cm³/mol. The Kier molecular flexibility index (Phi) is 7.40. The van der Waals surface area contributed by atoms with E-state index in [4.69, 9.17) is 10.7 Å². The van der Waals surface area contributed by atoms with Gasteiger partial charge in [-0.1, -0.05) is 20.4 Å². The summed E-state index contributed by atoms with van der Waals surface area (Å²) in [4.78, 5) is 16.3. The molecule has 1 heterocycles. The first-order valence-corrected chi connectivity index (χ1v) is 9.92. The third-order valence-corrected chi connectivity index (χ3v) is 5.12. The van der Waals surface area contributed by atoms with Crippen LogP contribution in [0.15, 0.2) is 36.0 Å². The van der Waals surface area contributed by atoms with Crippen molar-refractivity contribution in [1.82, 2.24) is 4.98 Å². The van der Waals surface area contributed by atoms with Crippen molar-refractivity contribution in [3.05, 3.63) is 58.8 Å². The summed E-state index contributed by atoms with van der Waals surface area (Å²) in [5.74, 6) is 7.02. The Labute approximate surface area is 173 Å². The van der Waals surface area contributed by atoms with Crippen LogP contribution in [-0.2, 0) is 17.7 Å². The molecule has 0 atom stereocenters. The summed E-state index contributed by atoms with van der Waals surface area (Å²) in [6.45, 7) is 14.2. The van der Waals surface area contributed by atoms with Gasteiger partial charge in [0.05, 0.1) is 11.3 Å². The number of aryl methyl sites for hydroxylation is 3. The number of aromatic nitrogens is 1. The maximum absolute atomic E-state index is 10.2. The van der Waals surface area contributed by atoms with Crippen LogP contribution in [0.5, 0.6) is 5.75 Å². The molecular weight excluding hydrogens is 364 g/mol. The van der Waals surface area contributed by atoms with E-state index in [1.54, 1.807) is 6.20 Å². The Hall–Kier alpha value is -2.86. The Morgan fingerprint density at radius 1 is 1.21 bits per heavy atom. The molecule has 2 rings (SSSR count). The number of pyridine rings is 1. The second kappa shape index (κ2) is 9.56. The molecule has 0 saturated heterocycles. The predicted octanol–water partition coefficient (Wildman–Crippen LogP) is 4.37. The quantitative estimate of drug-likeness (QED) is 0.412. The van der Waals surface area contributed by atoms with Gasteiger partial charge in [-0.25, -0.2) is 9.98 Å². The Bertz CT molecular complexity index is 919. The molecular formula is C23H32N4O2. The first kappa shape index (κ1) is 22.4. The summed E-state index contributed by atoms with van der Waals surface area (Å²) in [5.41, 5.74) is 4.72. The molecule has 0 spiro atoms. The van der Waals surface area contributed by atoms with Crippen LogP contribution in [0.25, 0.3) is 5.70 Å². The number of aliphatic imine (C=N–C) groups is 1. The first-order valence-electron chi connectivity index (χ1n) is 9.92. The van der Waals surface area contributed by atoms with Gasteiger partial charge in [-0.15, -0.1) is 0 Å². The van der Waals surface area contributed by atoms with E-state index in [1.807, 2.05) is 39.1 Å². The number of phenols is 1. The number of phenolic OH excluding ortho intramolecular Hbond substituents is 1. The number of nitrogens with zero attached hydrogens (tertiary/aromatic N) is 3. The highest BCUT2D eigenvalue weighted by atomic mass is 16.6. The molecule has 0 saturated carbocycles. The maximum atomic E-state index is 10.2. The lowest BCUT2D eigenvalue weighted by atomic mass is 10.0. The van der Waals surface area contributed by atoms with Crippen LogP contribution in [-0.4, -0.2) is 29.1 Å². The average Bonchev–Trinajstić information content (AvgIpc) is 2.72. The largest absolute Gasteiger partial charge is 0.507 e. The molecule has 3 N–H and O–H groups in total. The maximum Gasteiger partial charge on any atom is 0.246 e. The molecule has 1 aromatic carbocycles. The third-order valence-electron chi connectivity index (χ3n) is 5.12. The Morgan fingerprint density at radius 3 is 2.38 bits per heavy atom. The van der Waals surface area contributed by atoms with Crippen molar-refractivity contribution in [1.29, 1.82) is 0 Å². The minimum Gasteiger partial charge on any atom is -0.507 e. The molecule has 0 unspecified atom stereocenters. The topological polar surface area (TPSA) is 84.0 Å². The summed E-state index contributed by atoms with van der Waals surface area (Å²) < 4.78 is 0. The molecule has 0 aliphatic carbocycles. The van der Waals surface area contributed by atoms with Crippen LogP contribution in [0, 0.1) is 6.92 Å². The number of anilines is 1. The van der Waals surface area contributed by atoms with Crippen LogP contribution >= 0.6 is 0 Å². The first-order chi connectivity index (χ1) is 13.7. The van der Waals surface area contributed by atoms with E-state index in [0.29, 0.717) is 29.5 Å². The molecule has 29 heavy (non-hydrogen) atoms. The summed E-state index contributed by atoms with van der Waals surface area (Å²) >= 11 is 0. The van der Waals surface area contributed by atoms with Crippen molar-refractivity contribution in [2.75, 3.05) is 11.9 Å². The molecule has 2 aromatic rings. The van der Waals surface area contributed by atoms with Gasteiger partial charge in [-0.05, 0) is 68.5 Å². The number of hydrogen-bond acceptors (Lipinski definition) is 6. The van der Waals surface area contributed by atoms with Crippen molar-refractivity contribution in [2.45, 2.75) is 53.5 Å². The van der Waals surface area contributed by atoms with Crippen molar-refractivity contribution in [3.8, 4) is 5.75 Å². The summed E-state index contributed by atoms with van der Waals surface area (Å²) in [7, 11) is 2.03. The smallest absolute Gasteiger partial charge is 0.246 e. The Balaban J connectivity index is 2.44. The molecule has 156 valence electrons. The third kappa shape index (κ3) is 4.95. The molecule has 0 aliphatic rings. The molecule has 0 amide bonds. The van der Waals surface area contributed by atoms with Crippen molar-refractivity contribution >= 4 is 17.4 Å². The number of hydrogen-bond donors (Lipinski definition) is 2. The lowest BCUT2D eigenvalue weighted by Gasteiger charge is -2.25. The molecule has 0 bridgehead atoms. The summed E-state index contributed by atoms with van der Waals surface area (Å²) in [6, 6.07) is 6.08. The Morgan fingerprint density at radius 2 is 1.83 bits per heavy atom. The second-order valence-corrected chi connectivity index (χ2v) is 7.40. The van der Waals surface area contributed by atoms with Gasteiger partial charge in [0, 0.05) is 24.8 Å². The summed E-state index contributed by atoms with van der Waals surface area (Å²) in [6.07, 6.45) is 3.25. The van der Waals surface area contributed by atoms with Crippen molar-refractivity contribution in [2.24, 2.45) is 10.9 Å². The van der Waals surface area contributed by atoms with E-state index in [1.165, 1.54) is 0 Å². The molecule has 0 aliphatic heterocycles. The molecule has 6 nitrogen and oxygen atoms in total. The van der Waals surface area contributed by atoms with E-state index in [0.717, 1.165) is 34.5 Å². The molecule has 1 aromatic heterocycles. The van der Waals surface area contributed by atoms with E-state index in [-0.39, 0.29) is 5.90 Å². The van der Waals surface area contributed by atoms with Crippen LogP contribution < -0.4 is 10.8 Å². The number of aromatic hydroxyl groups is 1. The van der Waals surface area contributed by atoms with Gasteiger partial charge < -0.3 is 14.8 Å². The molecule has 0 fully saturated rings. The highest BCUT2D eigenvalue weighted by Crippen LogP contribution is 2.28. The highest BCUT2D eigenvalue weighted by molar-refractivity contribution is 5.97. The van der Waals surface area contributed by atoms with Crippen LogP contribution in [0.2, 0.25) is 0 Å². The number of rotatable bonds is 7. The van der Waals surface area contributed by atoms with Gasteiger partial charge in [-0.2, -0.15) is 5.90 Å². The normalized spacial score (nSPS) is 11.7. The van der Waals surface area contributed by atoms with Gasteiger partial charge in [-0.3, -0.25) is 0 Å². The monoisotopic (exact) mass is 396 g/mol. The second-order valence-electron chi connectivity index (χ2n) is 7.40. The summed E-state index contributed by atoms with van der Waals surface area (Å²) in [5, 5.41) is 10.2. The zero-order valence-corrected chi connectivity index (χ0v) is 18.3. The zero-order valence-electron chi connectivity index (χ0n) is 18.3. The fourth-order valence-electron chi connectivity index (χ4n) is 3.08. The number of nitrogens with two attached hydrogens (primary N) is 1. The highest BCUT2D eigenvalue weighted by Gasteiger charge is 2.15. The fourth-order valence-corrected chi connectivity index (χ4v) is 3.08. The van der Waals surface area contributed by atoms with Crippen molar-refractivity contribution < 1.29 is 9.94 Å². The lowest BCUT2D eigenvalue weighted by Crippen LogP contribution is -2.28. The fraction of sp³-hybridized carbons (Fsp3) is 0.391. The van der Waals surface area contributed by atoms with E-state index < -0.39 is 0 Å². The minimum absolute atomic E-state index is 0.250. The van der Waals surface area contributed by atoms with Crippen molar-refractivity contribution in [3.63, 3.8) is 0 Å². The van der Waals surface area contributed by atoms with Gasteiger partial charge >= 0.3 is 0 Å². The van der Waals surface area contributed by atoms with Gasteiger partial charge in [0.1, 0.15) is 11.6 Å². The van der Waals surface area contributed by atoms with E-state index in [9.17, 15) is 5.11 Å². The van der Waals surface area contributed by atoms with E-state index >= 15 is 0 Å². The van der Waals surface area contributed by atoms with Crippen LogP contribution in [0.3, 0.4) is 0 Å². The SMILES string of the molecule is C=C(N=C(ON)c1cnc(N(C)C(C)C)c(CC)c1)c1cc(C)c(O)c(CC)c1. The van der Waals surface area contributed by atoms with E-state index in [2.05, 4.69) is 42.2 Å². The average molecular weight is 397 g/mol. The standard InChI is InChI=1S/C23H32N4O2/c1-8-17-11-19(10-15(5)21(17)28)16(6)26-23(29-24)20-12-18(9-2)22(25-13-20)27(7)14(3)4/h10-14,28H,6,8-9,24H2,1-5,7H3. The molecule has 6 heteroatoms. The minimum atomic E-state index is 0.250. The van der Waals surface area contributed by atoms with Gasteiger partial charge in [0.2, 0.25) is 5.90 Å². The molecule has 0 radical (unpaired) electrons. The van der Waals surface area contributed by atoms with Crippen LogP contribution in [0.4, 0.5) is 5.82 Å². The number of benzene rings is 1. The zero-order chi connectivity index (χ0) is 21.7. The van der Waals surface area contributed by atoms with Gasteiger partial charge in [0.15, 0.2) is 0 Å². The van der Waals surface area contributed by atoms with Crippen LogP contribution in [0.1, 0.15) is 55.5 Å². The lowest BCUT2D eigenvalue weighted by molar-refractivity contribution is 0.322. The van der Waals surface area contributed by atoms with Gasteiger partial charge in [0.25, 0.3) is 0 Å².